The third-order valence-electron chi connectivity index (χ3n) is 3.44. The zero-order chi connectivity index (χ0) is 16.5. The average molecular weight is 313 g/mol. The van der Waals surface area contributed by atoms with Gasteiger partial charge < -0.3 is 10.6 Å². The second kappa shape index (κ2) is 8.98. The maximum atomic E-state index is 4.71. The van der Waals surface area contributed by atoms with Gasteiger partial charge in [-0.1, -0.05) is 38.1 Å². The van der Waals surface area contributed by atoms with Crippen molar-refractivity contribution in [2.75, 3.05) is 13.1 Å². The van der Waals surface area contributed by atoms with E-state index < -0.39 is 0 Å². The molecule has 0 saturated heterocycles. The molecule has 5 nitrogen and oxygen atoms in total. The molecule has 0 radical (unpaired) electrons. The Balaban J connectivity index is 2.06. The van der Waals surface area contributed by atoms with Crippen molar-refractivity contribution in [1.29, 1.82) is 0 Å². The molecule has 0 amide bonds. The van der Waals surface area contributed by atoms with Gasteiger partial charge in [-0.3, -0.25) is 4.68 Å². The molecular formula is C18H27N5. The molecule has 124 valence electrons. The van der Waals surface area contributed by atoms with E-state index in [0.717, 1.165) is 25.6 Å². The molecule has 1 aromatic heterocycles. The molecule has 0 aliphatic rings. The summed E-state index contributed by atoms with van der Waals surface area (Å²) >= 11 is 0. The Hall–Kier alpha value is -2.30. The highest BCUT2D eigenvalue weighted by molar-refractivity contribution is 5.79. The van der Waals surface area contributed by atoms with Crippen LogP contribution in [0.4, 0.5) is 0 Å². The van der Waals surface area contributed by atoms with E-state index in [2.05, 4.69) is 60.8 Å². The number of hydrogen-bond donors (Lipinski definition) is 2. The normalized spacial score (nSPS) is 11.7. The van der Waals surface area contributed by atoms with E-state index in [1.165, 1.54) is 11.1 Å². The summed E-state index contributed by atoms with van der Waals surface area (Å²) in [5.74, 6) is 1.46. The topological polar surface area (TPSA) is 54.2 Å². The highest BCUT2D eigenvalue weighted by Crippen LogP contribution is 2.11. The Morgan fingerprint density at radius 1 is 1.17 bits per heavy atom. The van der Waals surface area contributed by atoms with Gasteiger partial charge in [-0.2, -0.15) is 5.10 Å². The van der Waals surface area contributed by atoms with Crippen LogP contribution in [0, 0.1) is 5.92 Å². The van der Waals surface area contributed by atoms with Crippen LogP contribution in [-0.4, -0.2) is 28.8 Å². The highest BCUT2D eigenvalue weighted by atomic mass is 15.3. The summed E-state index contributed by atoms with van der Waals surface area (Å²) in [5, 5.41) is 11.0. The monoisotopic (exact) mass is 313 g/mol. The smallest absolute Gasteiger partial charge is 0.191 e. The highest BCUT2D eigenvalue weighted by Gasteiger charge is 2.04. The Bertz CT molecular complexity index is 602. The van der Waals surface area contributed by atoms with Gasteiger partial charge in [0.15, 0.2) is 5.96 Å². The SMILES string of the molecule is CCNC(=NCc1ccccc1Cn1cccn1)NCC(C)C. The number of nitrogens with one attached hydrogen (secondary N) is 2. The van der Waals surface area contributed by atoms with Gasteiger partial charge in [0.25, 0.3) is 0 Å². The number of nitrogens with zero attached hydrogens (tertiary/aromatic N) is 3. The van der Waals surface area contributed by atoms with Gasteiger partial charge in [-0.25, -0.2) is 4.99 Å². The lowest BCUT2D eigenvalue weighted by molar-refractivity contribution is 0.614. The van der Waals surface area contributed by atoms with Gasteiger partial charge >= 0.3 is 0 Å². The minimum Gasteiger partial charge on any atom is -0.357 e. The lowest BCUT2D eigenvalue weighted by Gasteiger charge is -2.14. The van der Waals surface area contributed by atoms with E-state index in [4.69, 9.17) is 4.99 Å². The molecule has 0 aliphatic carbocycles. The maximum absolute atomic E-state index is 4.71. The largest absolute Gasteiger partial charge is 0.357 e. The summed E-state index contributed by atoms with van der Waals surface area (Å²) in [6, 6.07) is 10.3. The first-order valence-corrected chi connectivity index (χ1v) is 8.25. The van der Waals surface area contributed by atoms with E-state index in [9.17, 15) is 0 Å². The first-order chi connectivity index (χ1) is 11.2. The molecule has 0 fully saturated rings. The molecule has 5 heteroatoms. The van der Waals surface area contributed by atoms with Crippen LogP contribution in [0.3, 0.4) is 0 Å². The Labute approximate surface area is 138 Å². The Kier molecular flexibility index (Phi) is 6.66. The van der Waals surface area contributed by atoms with Crippen molar-refractivity contribution >= 4 is 5.96 Å². The van der Waals surface area contributed by atoms with E-state index in [-0.39, 0.29) is 0 Å². The number of aliphatic imine (C=N–C) groups is 1. The molecule has 1 heterocycles. The predicted octanol–water partition coefficient (Wildman–Crippen LogP) is 2.64. The Morgan fingerprint density at radius 2 is 1.96 bits per heavy atom. The number of aromatic nitrogens is 2. The standard InChI is InChI=1S/C18H27N5/c1-4-19-18(20-12-15(2)3)21-13-16-8-5-6-9-17(16)14-23-11-7-10-22-23/h5-11,15H,4,12-14H2,1-3H3,(H2,19,20,21). The second-order valence-corrected chi connectivity index (χ2v) is 5.94. The first kappa shape index (κ1) is 17.1. The molecule has 0 bridgehead atoms. The van der Waals surface area contributed by atoms with Crippen LogP contribution in [-0.2, 0) is 13.1 Å². The molecule has 2 rings (SSSR count). The first-order valence-electron chi connectivity index (χ1n) is 8.25. The van der Waals surface area contributed by atoms with Gasteiger partial charge in [0.2, 0.25) is 0 Å². The fourth-order valence-electron chi connectivity index (χ4n) is 2.24. The van der Waals surface area contributed by atoms with Crippen LogP contribution in [0.25, 0.3) is 0 Å². The summed E-state index contributed by atoms with van der Waals surface area (Å²) in [4.78, 5) is 4.71. The van der Waals surface area contributed by atoms with E-state index >= 15 is 0 Å². The zero-order valence-electron chi connectivity index (χ0n) is 14.3. The average Bonchev–Trinajstić information content (AvgIpc) is 3.04. The maximum Gasteiger partial charge on any atom is 0.191 e. The van der Waals surface area contributed by atoms with Crippen molar-refractivity contribution in [3.8, 4) is 0 Å². The number of benzene rings is 1. The quantitative estimate of drug-likeness (QED) is 0.610. The molecule has 0 saturated carbocycles. The molecule has 2 N–H and O–H groups in total. The molecule has 0 atom stereocenters. The van der Waals surface area contributed by atoms with Gasteiger partial charge in [-0.15, -0.1) is 0 Å². The Morgan fingerprint density at radius 3 is 2.61 bits per heavy atom. The van der Waals surface area contributed by atoms with Crippen molar-refractivity contribution < 1.29 is 0 Å². The summed E-state index contributed by atoms with van der Waals surface area (Å²) in [7, 11) is 0. The van der Waals surface area contributed by atoms with Crippen molar-refractivity contribution in [1.82, 2.24) is 20.4 Å². The minimum absolute atomic E-state index is 0.589. The van der Waals surface area contributed by atoms with Crippen LogP contribution in [0.5, 0.6) is 0 Å². The fraction of sp³-hybridized carbons (Fsp3) is 0.444. The zero-order valence-corrected chi connectivity index (χ0v) is 14.3. The van der Waals surface area contributed by atoms with Gasteiger partial charge in [0.05, 0.1) is 13.1 Å². The molecule has 0 aliphatic heterocycles. The number of rotatable bonds is 7. The van der Waals surface area contributed by atoms with Crippen molar-refractivity contribution in [2.45, 2.75) is 33.9 Å². The lowest BCUT2D eigenvalue weighted by Crippen LogP contribution is -2.39. The van der Waals surface area contributed by atoms with E-state index in [0.29, 0.717) is 12.5 Å². The number of guanidine groups is 1. The minimum atomic E-state index is 0.589. The molecular weight excluding hydrogens is 286 g/mol. The van der Waals surface area contributed by atoms with Crippen LogP contribution in [0.1, 0.15) is 31.9 Å². The van der Waals surface area contributed by atoms with Crippen LogP contribution in [0.15, 0.2) is 47.7 Å². The van der Waals surface area contributed by atoms with Crippen molar-refractivity contribution in [3.05, 3.63) is 53.9 Å². The molecule has 0 spiro atoms. The van der Waals surface area contributed by atoms with Crippen molar-refractivity contribution in [2.24, 2.45) is 10.9 Å². The summed E-state index contributed by atoms with van der Waals surface area (Å²) in [6.45, 7) is 9.67. The van der Waals surface area contributed by atoms with E-state index in [1.54, 1.807) is 6.20 Å². The fourth-order valence-corrected chi connectivity index (χ4v) is 2.24. The molecule has 23 heavy (non-hydrogen) atoms. The van der Waals surface area contributed by atoms with Gasteiger partial charge in [-0.05, 0) is 30.0 Å². The molecule has 0 unspecified atom stereocenters. The lowest BCUT2D eigenvalue weighted by atomic mass is 10.1. The molecule has 2 aromatic rings. The van der Waals surface area contributed by atoms with E-state index in [1.807, 2.05) is 16.9 Å². The van der Waals surface area contributed by atoms with Crippen LogP contribution in [0.2, 0.25) is 0 Å². The summed E-state index contributed by atoms with van der Waals surface area (Å²) in [5.41, 5.74) is 2.48. The summed E-state index contributed by atoms with van der Waals surface area (Å²) < 4.78 is 1.94. The number of hydrogen-bond acceptors (Lipinski definition) is 2. The van der Waals surface area contributed by atoms with Gasteiger partial charge in [0.1, 0.15) is 0 Å². The second-order valence-electron chi connectivity index (χ2n) is 5.94. The predicted molar refractivity (Wildman–Crippen MR) is 95.4 cm³/mol. The third kappa shape index (κ3) is 5.77. The molecule has 1 aromatic carbocycles. The van der Waals surface area contributed by atoms with Crippen LogP contribution >= 0.6 is 0 Å². The van der Waals surface area contributed by atoms with Crippen LogP contribution < -0.4 is 10.6 Å². The van der Waals surface area contributed by atoms with Crippen molar-refractivity contribution in [3.63, 3.8) is 0 Å². The summed E-state index contributed by atoms with van der Waals surface area (Å²) in [6.07, 6.45) is 3.79. The van der Waals surface area contributed by atoms with Gasteiger partial charge in [0, 0.05) is 25.5 Å². The third-order valence-corrected chi connectivity index (χ3v) is 3.44.